The van der Waals surface area contributed by atoms with Crippen LogP contribution < -0.4 is 5.32 Å². The Morgan fingerprint density at radius 1 is 1.78 bits per heavy atom. The molecule has 1 aliphatic rings. The minimum absolute atomic E-state index is 0.854. The van der Waals surface area contributed by atoms with Gasteiger partial charge >= 0.3 is 0 Å². The molecule has 1 heterocycles. The topological polar surface area (TPSA) is 12.0 Å². The van der Waals surface area contributed by atoms with Gasteiger partial charge in [0.2, 0.25) is 0 Å². The van der Waals surface area contributed by atoms with Crippen molar-refractivity contribution in [3.8, 4) is 12.3 Å². The molecule has 1 fully saturated rings. The molecule has 0 aromatic heterocycles. The van der Waals surface area contributed by atoms with E-state index in [1.165, 1.54) is 6.54 Å². The van der Waals surface area contributed by atoms with Crippen LogP contribution in [-0.2, 0) is 0 Å². The van der Waals surface area contributed by atoms with Crippen molar-refractivity contribution < 1.29 is 4.48 Å². The zero-order chi connectivity index (χ0) is 6.74. The van der Waals surface area contributed by atoms with Crippen molar-refractivity contribution >= 4 is 0 Å². The second-order valence-electron chi connectivity index (χ2n) is 2.86. The van der Waals surface area contributed by atoms with Gasteiger partial charge in [0.15, 0.2) is 0 Å². The van der Waals surface area contributed by atoms with E-state index in [4.69, 9.17) is 6.42 Å². The molecule has 9 heavy (non-hydrogen) atoms. The first kappa shape index (κ1) is 6.60. The second-order valence-corrected chi connectivity index (χ2v) is 2.86. The number of hydrogen-bond donors (Lipinski definition) is 1. The first-order valence-electron chi connectivity index (χ1n) is 3.25. The fraction of sp³-hybridized carbons (Fsp3) is 0.714. The molecule has 1 atom stereocenters. The van der Waals surface area contributed by atoms with E-state index in [1.54, 1.807) is 0 Å². The molecule has 1 N–H and O–H groups in total. The van der Waals surface area contributed by atoms with Crippen LogP contribution in [0.25, 0.3) is 0 Å². The largest absolute Gasteiger partial charge is 0.303 e. The molecule has 0 bridgehead atoms. The highest BCUT2D eigenvalue weighted by Gasteiger charge is 2.24. The molecule has 50 valence electrons. The van der Waals surface area contributed by atoms with Crippen molar-refractivity contribution in [3.05, 3.63) is 0 Å². The highest BCUT2D eigenvalue weighted by atomic mass is 15.4. The lowest BCUT2D eigenvalue weighted by atomic mass is 10.4. The fourth-order valence-electron chi connectivity index (χ4n) is 1.13. The van der Waals surface area contributed by atoms with Crippen molar-refractivity contribution in [1.82, 2.24) is 5.32 Å². The number of nitrogens with zero attached hydrogens (tertiary/aromatic N) is 1. The molecular formula is C7H13N2+. The summed E-state index contributed by atoms with van der Waals surface area (Å²) in [5, 5.41) is 3.27. The monoisotopic (exact) mass is 125 g/mol. The van der Waals surface area contributed by atoms with Gasteiger partial charge in [-0.15, -0.1) is 6.42 Å². The highest BCUT2D eigenvalue weighted by molar-refractivity contribution is 4.83. The van der Waals surface area contributed by atoms with E-state index in [-0.39, 0.29) is 0 Å². The van der Waals surface area contributed by atoms with Crippen LogP contribution in [0.2, 0.25) is 0 Å². The molecule has 0 aromatic rings. The van der Waals surface area contributed by atoms with Crippen LogP contribution in [-0.4, -0.2) is 37.8 Å². The van der Waals surface area contributed by atoms with E-state index in [0.29, 0.717) is 0 Å². The zero-order valence-corrected chi connectivity index (χ0v) is 5.85. The Hall–Kier alpha value is -0.520. The van der Waals surface area contributed by atoms with Gasteiger partial charge in [-0.3, -0.25) is 5.32 Å². The number of quaternary nitrogens is 1. The SMILES string of the molecule is C#CC[N+]1(C)CCNC1. The minimum Gasteiger partial charge on any atom is -0.303 e. The number of terminal acetylenes is 1. The van der Waals surface area contributed by atoms with E-state index in [1.807, 2.05) is 0 Å². The summed E-state index contributed by atoms with van der Waals surface area (Å²) in [6, 6.07) is 0. The van der Waals surface area contributed by atoms with Gasteiger partial charge in [-0.2, -0.15) is 0 Å². The Morgan fingerprint density at radius 2 is 2.56 bits per heavy atom. The number of hydrogen-bond acceptors (Lipinski definition) is 1. The van der Waals surface area contributed by atoms with Gasteiger partial charge in [-0.05, 0) is 5.92 Å². The summed E-state index contributed by atoms with van der Waals surface area (Å²) in [5.74, 6) is 2.68. The number of nitrogens with one attached hydrogen (secondary N) is 1. The molecule has 0 aliphatic carbocycles. The Bertz CT molecular complexity index is 128. The Labute approximate surface area is 56.4 Å². The first-order chi connectivity index (χ1) is 4.27. The average Bonchev–Trinajstić information content (AvgIpc) is 2.16. The molecular weight excluding hydrogens is 112 g/mol. The van der Waals surface area contributed by atoms with Crippen molar-refractivity contribution in [2.24, 2.45) is 0 Å². The van der Waals surface area contributed by atoms with E-state index in [2.05, 4.69) is 18.3 Å². The molecule has 1 unspecified atom stereocenters. The molecule has 1 aliphatic heterocycles. The third kappa shape index (κ3) is 1.44. The molecule has 2 heteroatoms. The Balaban J connectivity index is 2.43. The average molecular weight is 125 g/mol. The fourth-order valence-corrected chi connectivity index (χ4v) is 1.13. The highest BCUT2D eigenvalue weighted by Crippen LogP contribution is 2.02. The van der Waals surface area contributed by atoms with Gasteiger partial charge in [0, 0.05) is 6.54 Å². The summed E-state index contributed by atoms with van der Waals surface area (Å²) in [5.41, 5.74) is 0. The molecule has 0 amide bonds. The number of likely N-dealkylation sites (N-methyl/N-ethyl adjacent to an activating group) is 1. The van der Waals surface area contributed by atoms with Crippen LogP contribution in [0, 0.1) is 12.3 Å². The summed E-state index contributed by atoms with van der Waals surface area (Å²) in [6.45, 7) is 4.17. The lowest BCUT2D eigenvalue weighted by Crippen LogP contribution is -2.42. The van der Waals surface area contributed by atoms with Crippen LogP contribution in [0.3, 0.4) is 0 Å². The van der Waals surface area contributed by atoms with E-state index in [9.17, 15) is 0 Å². The quantitative estimate of drug-likeness (QED) is 0.372. The summed E-state index contributed by atoms with van der Waals surface area (Å²) in [6.07, 6.45) is 5.20. The predicted octanol–water partition coefficient (Wildman–Crippen LogP) is -0.373. The third-order valence-corrected chi connectivity index (χ3v) is 1.79. The smallest absolute Gasteiger partial charge is 0.141 e. The van der Waals surface area contributed by atoms with E-state index >= 15 is 0 Å². The van der Waals surface area contributed by atoms with Gasteiger partial charge in [-0.1, -0.05) is 0 Å². The molecule has 1 rings (SSSR count). The van der Waals surface area contributed by atoms with E-state index < -0.39 is 0 Å². The maximum absolute atomic E-state index is 5.20. The summed E-state index contributed by atoms with van der Waals surface area (Å²) in [4.78, 5) is 0. The summed E-state index contributed by atoms with van der Waals surface area (Å²) in [7, 11) is 2.18. The van der Waals surface area contributed by atoms with Crippen LogP contribution in [0.15, 0.2) is 0 Å². The van der Waals surface area contributed by atoms with Crippen molar-refractivity contribution in [2.75, 3.05) is 33.4 Å². The van der Waals surface area contributed by atoms with Crippen LogP contribution in [0.4, 0.5) is 0 Å². The van der Waals surface area contributed by atoms with Gasteiger partial charge in [0.25, 0.3) is 0 Å². The van der Waals surface area contributed by atoms with Gasteiger partial charge in [-0.25, -0.2) is 0 Å². The summed E-state index contributed by atoms with van der Waals surface area (Å²) < 4.78 is 0.997. The third-order valence-electron chi connectivity index (χ3n) is 1.79. The van der Waals surface area contributed by atoms with Crippen LogP contribution in [0.1, 0.15) is 0 Å². The van der Waals surface area contributed by atoms with Gasteiger partial charge in [0.05, 0.1) is 13.6 Å². The normalized spacial score (nSPS) is 34.2. The lowest BCUT2D eigenvalue weighted by molar-refractivity contribution is -0.891. The molecule has 1 saturated heterocycles. The Kier molecular flexibility index (Phi) is 1.75. The molecule has 0 saturated carbocycles. The molecule has 0 radical (unpaired) electrons. The molecule has 0 aromatic carbocycles. The molecule has 0 spiro atoms. The van der Waals surface area contributed by atoms with Crippen molar-refractivity contribution in [1.29, 1.82) is 0 Å². The standard InChI is InChI=1S/C7H13N2/c1-3-5-9(2)6-4-8-7-9/h1,8H,4-7H2,2H3/q+1. The predicted molar refractivity (Wildman–Crippen MR) is 37.6 cm³/mol. The molecule has 2 nitrogen and oxygen atoms in total. The maximum Gasteiger partial charge on any atom is 0.141 e. The second kappa shape index (κ2) is 2.38. The summed E-state index contributed by atoms with van der Waals surface area (Å²) >= 11 is 0. The Morgan fingerprint density at radius 3 is 3.00 bits per heavy atom. The van der Waals surface area contributed by atoms with Crippen molar-refractivity contribution in [2.45, 2.75) is 0 Å². The van der Waals surface area contributed by atoms with E-state index in [0.717, 1.165) is 24.2 Å². The van der Waals surface area contributed by atoms with Gasteiger partial charge in [0.1, 0.15) is 13.2 Å². The number of rotatable bonds is 1. The van der Waals surface area contributed by atoms with Gasteiger partial charge < -0.3 is 4.48 Å². The van der Waals surface area contributed by atoms with Crippen LogP contribution >= 0.6 is 0 Å². The zero-order valence-electron chi connectivity index (χ0n) is 5.85. The van der Waals surface area contributed by atoms with Crippen molar-refractivity contribution in [3.63, 3.8) is 0 Å². The first-order valence-corrected chi connectivity index (χ1v) is 3.25. The maximum atomic E-state index is 5.20. The minimum atomic E-state index is 0.854. The van der Waals surface area contributed by atoms with Crippen LogP contribution in [0.5, 0.6) is 0 Å². The lowest BCUT2D eigenvalue weighted by Gasteiger charge is -2.24.